The van der Waals surface area contributed by atoms with Gasteiger partial charge in [0, 0.05) is 12.6 Å². The fraction of sp³-hybridized carbons (Fsp3) is 0.636. The van der Waals surface area contributed by atoms with Crippen LogP contribution >= 0.6 is 15.9 Å². The average molecular weight is 500 g/mol. The minimum Gasteiger partial charge on any atom is -0.463 e. The number of esters is 1. The van der Waals surface area contributed by atoms with Crippen LogP contribution < -0.4 is 10.5 Å². The van der Waals surface area contributed by atoms with Gasteiger partial charge < -0.3 is 19.0 Å². The second kappa shape index (κ2) is 9.40. The number of carbonyl (C=O) groups excluding carboxylic acids is 1. The van der Waals surface area contributed by atoms with Crippen LogP contribution in [-0.4, -0.2) is 38.5 Å². The third kappa shape index (κ3) is 5.45. The number of nitrogens with one attached hydrogen (secondary N) is 1. The van der Waals surface area contributed by atoms with Crippen LogP contribution in [0.3, 0.4) is 0 Å². The van der Waals surface area contributed by atoms with Crippen LogP contribution in [0.2, 0.25) is 18.1 Å². The van der Waals surface area contributed by atoms with E-state index in [2.05, 4.69) is 68.6 Å². The fourth-order valence-corrected chi connectivity index (χ4v) is 4.49. The van der Waals surface area contributed by atoms with Gasteiger partial charge >= 0.3 is 5.97 Å². The SMILES string of the molecule is CCOC(=O)C1=CN([C@H](CO[Si](C)(C)C(C)(C)C)C(C)C)c2[nH]c(=O)c(Br)cc2C1. The number of nitrogens with zero attached hydrogens (tertiary/aromatic N) is 1. The molecule has 6 nitrogen and oxygen atoms in total. The van der Waals surface area contributed by atoms with Gasteiger partial charge in [0.2, 0.25) is 0 Å². The van der Waals surface area contributed by atoms with Crippen molar-refractivity contribution in [2.75, 3.05) is 18.1 Å². The molecule has 0 fully saturated rings. The minimum absolute atomic E-state index is 0.0422. The van der Waals surface area contributed by atoms with E-state index in [0.29, 0.717) is 35.5 Å². The summed E-state index contributed by atoms with van der Waals surface area (Å²) in [6.07, 6.45) is 2.23. The van der Waals surface area contributed by atoms with Gasteiger partial charge in [0.15, 0.2) is 8.32 Å². The number of halogens is 1. The smallest absolute Gasteiger partial charge is 0.335 e. The number of aromatic amines is 1. The van der Waals surface area contributed by atoms with Gasteiger partial charge in [-0.2, -0.15) is 0 Å². The van der Waals surface area contributed by atoms with Gasteiger partial charge in [-0.15, -0.1) is 0 Å². The summed E-state index contributed by atoms with van der Waals surface area (Å²) in [7, 11) is -1.96. The molecule has 0 saturated carbocycles. The van der Waals surface area contributed by atoms with Crippen molar-refractivity contribution in [3.05, 3.63) is 38.2 Å². The highest BCUT2D eigenvalue weighted by molar-refractivity contribution is 9.10. The molecule has 1 aliphatic rings. The van der Waals surface area contributed by atoms with E-state index >= 15 is 0 Å². The highest BCUT2D eigenvalue weighted by Crippen LogP contribution is 2.38. The van der Waals surface area contributed by atoms with E-state index in [1.54, 1.807) is 13.0 Å². The zero-order valence-electron chi connectivity index (χ0n) is 19.4. The molecule has 1 atom stereocenters. The molecule has 30 heavy (non-hydrogen) atoms. The van der Waals surface area contributed by atoms with Crippen LogP contribution in [0.15, 0.2) is 27.1 Å². The summed E-state index contributed by atoms with van der Waals surface area (Å²) in [6.45, 7) is 18.0. The Kier molecular flexibility index (Phi) is 7.80. The Morgan fingerprint density at radius 2 is 1.97 bits per heavy atom. The van der Waals surface area contributed by atoms with Gasteiger partial charge in [-0.05, 0) is 58.5 Å². The van der Waals surface area contributed by atoms with Crippen molar-refractivity contribution in [3.8, 4) is 0 Å². The van der Waals surface area contributed by atoms with Crippen LogP contribution in [0.4, 0.5) is 5.82 Å². The predicted octanol–water partition coefficient (Wildman–Crippen LogP) is 4.99. The number of fused-ring (bicyclic) bond motifs is 1. The average Bonchev–Trinajstić information content (AvgIpc) is 2.61. The maximum Gasteiger partial charge on any atom is 0.335 e. The van der Waals surface area contributed by atoms with Crippen molar-refractivity contribution >= 4 is 36.0 Å². The summed E-state index contributed by atoms with van der Waals surface area (Å²) in [4.78, 5) is 29.8. The lowest BCUT2D eigenvalue weighted by Gasteiger charge is -2.41. The maximum atomic E-state index is 12.5. The van der Waals surface area contributed by atoms with Crippen molar-refractivity contribution in [2.45, 2.75) is 72.1 Å². The van der Waals surface area contributed by atoms with E-state index in [1.807, 2.05) is 11.1 Å². The van der Waals surface area contributed by atoms with Gasteiger partial charge in [-0.25, -0.2) is 4.79 Å². The summed E-state index contributed by atoms with van der Waals surface area (Å²) in [5, 5.41) is 0.0967. The molecule has 0 aliphatic carbocycles. The van der Waals surface area contributed by atoms with Gasteiger partial charge in [0.1, 0.15) is 5.82 Å². The van der Waals surface area contributed by atoms with Gasteiger partial charge in [-0.3, -0.25) is 4.79 Å². The Labute approximate surface area is 189 Å². The minimum atomic E-state index is -1.96. The highest BCUT2D eigenvalue weighted by atomic mass is 79.9. The number of ether oxygens (including phenoxy) is 1. The molecule has 1 N–H and O–H groups in total. The number of hydrogen-bond donors (Lipinski definition) is 1. The lowest BCUT2D eigenvalue weighted by Crippen LogP contribution is -2.48. The molecule has 0 radical (unpaired) electrons. The first-order valence-corrected chi connectivity index (χ1v) is 14.2. The molecule has 0 spiro atoms. The Balaban J connectivity index is 2.48. The molecule has 2 heterocycles. The molecule has 0 saturated heterocycles. The molecule has 0 bridgehead atoms. The van der Waals surface area contributed by atoms with E-state index in [1.165, 1.54) is 0 Å². The van der Waals surface area contributed by atoms with E-state index in [0.717, 1.165) is 5.56 Å². The number of hydrogen-bond acceptors (Lipinski definition) is 5. The zero-order chi connectivity index (χ0) is 22.9. The quantitative estimate of drug-likeness (QED) is 0.423. The van der Waals surface area contributed by atoms with E-state index in [9.17, 15) is 9.59 Å². The first kappa shape index (κ1) is 24.9. The molecule has 8 heteroatoms. The molecule has 0 amide bonds. The Morgan fingerprint density at radius 1 is 1.33 bits per heavy atom. The third-order valence-electron chi connectivity index (χ3n) is 6.07. The van der Waals surface area contributed by atoms with Crippen molar-refractivity contribution in [1.29, 1.82) is 0 Å². The van der Waals surface area contributed by atoms with Gasteiger partial charge in [-0.1, -0.05) is 34.6 Å². The van der Waals surface area contributed by atoms with Crippen LogP contribution in [0, 0.1) is 5.92 Å². The summed E-state index contributed by atoms with van der Waals surface area (Å²) in [5.41, 5.74) is 1.26. The number of aromatic nitrogens is 1. The molecule has 1 aromatic heterocycles. The molecule has 168 valence electrons. The lowest BCUT2D eigenvalue weighted by molar-refractivity contribution is -0.138. The van der Waals surface area contributed by atoms with Crippen LogP contribution in [0.1, 0.15) is 47.1 Å². The molecule has 2 rings (SSSR count). The Morgan fingerprint density at radius 3 is 2.50 bits per heavy atom. The predicted molar refractivity (Wildman–Crippen MR) is 127 cm³/mol. The van der Waals surface area contributed by atoms with Gasteiger partial charge in [0.25, 0.3) is 5.56 Å². The Hall–Kier alpha value is -1.38. The number of rotatable bonds is 7. The van der Waals surface area contributed by atoms with Crippen molar-refractivity contribution < 1.29 is 14.0 Å². The maximum absolute atomic E-state index is 12.5. The molecule has 0 aromatic carbocycles. The zero-order valence-corrected chi connectivity index (χ0v) is 22.0. The molecule has 1 aliphatic heterocycles. The van der Waals surface area contributed by atoms with Crippen molar-refractivity contribution in [2.24, 2.45) is 5.92 Å². The lowest BCUT2D eigenvalue weighted by atomic mass is 9.97. The number of pyridine rings is 1. The highest BCUT2D eigenvalue weighted by Gasteiger charge is 2.39. The second-order valence-electron chi connectivity index (χ2n) is 9.66. The second-order valence-corrected chi connectivity index (χ2v) is 15.3. The van der Waals surface area contributed by atoms with Crippen LogP contribution in [-0.2, 0) is 20.4 Å². The number of H-pyrrole nitrogens is 1. The summed E-state index contributed by atoms with van der Waals surface area (Å²) in [5.74, 6) is 0.615. The molecule has 1 aromatic rings. The standard InChI is InChI=1S/C22H35BrN2O4Si/c1-9-28-21(27)16-10-15-11-17(23)20(26)24-19(15)25(12-16)18(14(2)3)13-29-30(7,8)22(4,5)6/h11-12,14,18H,9-10,13H2,1-8H3,(H,24,26)/t18-/m1/s1. The van der Waals surface area contributed by atoms with Crippen LogP contribution in [0.25, 0.3) is 0 Å². The topological polar surface area (TPSA) is 71.6 Å². The first-order chi connectivity index (χ1) is 13.8. The van der Waals surface area contributed by atoms with Crippen molar-refractivity contribution in [1.82, 2.24) is 4.98 Å². The number of anilines is 1. The summed E-state index contributed by atoms with van der Waals surface area (Å²) >= 11 is 3.31. The molecular formula is C22H35BrN2O4Si. The summed E-state index contributed by atoms with van der Waals surface area (Å²) in [6, 6.07) is 1.75. The van der Waals surface area contributed by atoms with E-state index in [4.69, 9.17) is 9.16 Å². The van der Waals surface area contributed by atoms with Gasteiger partial charge in [0.05, 0.1) is 29.3 Å². The monoisotopic (exact) mass is 498 g/mol. The van der Waals surface area contributed by atoms with E-state index < -0.39 is 8.32 Å². The summed E-state index contributed by atoms with van der Waals surface area (Å²) < 4.78 is 12.2. The fourth-order valence-electron chi connectivity index (χ4n) is 3.10. The number of carbonyl (C=O) groups is 1. The normalized spacial score (nSPS) is 15.7. The Bertz CT molecular complexity index is 871. The first-order valence-electron chi connectivity index (χ1n) is 10.5. The molecule has 0 unspecified atom stereocenters. The largest absolute Gasteiger partial charge is 0.463 e. The van der Waals surface area contributed by atoms with Crippen LogP contribution in [0.5, 0.6) is 0 Å². The molecular weight excluding hydrogens is 464 g/mol. The third-order valence-corrected chi connectivity index (χ3v) is 11.2. The van der Waals surface area contributed by atoms with Crippen molar-refractivity contribution in [3.63, 3.8) is 0 Å². The van der Waals surface area contributed by atoms with E-state index in [-0.39, 0.29) is 28.5 Å².